The van der Waals surface area contributed by atoms with Crippen molar-refractivity contribution < 1.29 is 4.39 Å². The maximum atomic E-state index is 13.0. The van der Waals surface area contributed by atoms with E-state index in [1.54, 1.807) is 12.1 Å². The second kappa shape index (κ2) is 5.74. The number of nitrogens with one attached hydrogen (secondary N) is 1. The summed E-state index contributed by atoms with van der Waals surface area (Å²) < 4.78 is 13.0. The Balaban J connectivity index is 2.13. The quantitative estimate of drug-likeness (QED) is 0.824. The van der Waals surface area contributed by atoms with E-state index in [0.29, 0.717) is 17.4 Å². The lowest BCUT2D eigenvalue weighted by Gasteiger charge is -2.08. The van der Waals surface area contributed by atoms with E-state index in [4.69, 9.17) is 34.8 Å². The van der Waals surface area contributed by atoms with Gasteiger partial charge < -0.3 is 5.32 Å². The minimum Gasteiger partial charge on any atom is -0.365 e. The number of aromatic nitrogens is 1. The first-order chi connectivity index (χ1) is 8.56. The highest BCUT2D eigenvalue weighted by Gasteiger charge is 2.07. The first-order valence-electron chi connectivity index (χ1n) is 5.06. The van der Waals surface area contributed by atoms with Gasteiger partial charge in [-0.05, 0) is 23.8 Å². The van der Waals surface area contributed by atoms with Crippen LogP contribution in [0.25, 0.3) is 0 Å². The molecule has 0 saturated carbocycles. The molecule has 0 aliphatic carbocycles. The standard InChI is InChI=1S/C12H8Cl3FN2/c13-9-5-10(14)12(18-11(9)15)17-6-7-2-1-3-8(16)4-7/h1-5H,6H2,(H,17,18). The predicted molar refractivity (Wildman–Crippen MR) is 73.0 cm³/mol. The average molecular weight is 306 g/mol. The third kappa shape index (κ3) is 3.25. The molecule has 1 aromatic carbocycles. The molecule has 1 aromatic heterocycles. The van der Waals surface area contributed by atoms with Gasteiger partial charge in [0.15, 0.2) is 0 Å². The Morgan fingerprint density at radius 1 is 1.11 bits per heavy atom. The summed E-state index contributed by atoms with van der Waals surface area (Å²) in [6.07, 6.45) is 0. The molecule has 0 aliphatic heterocycles. The van der Waals surface area contributed by atoms with Crippen LogP contribution in [0.15, 0.2) is 30.3 Å². The van der Waals surface area contributed by atoms with Crippen molar-refractivity contribution in [3.05, 3.63) is 56.9 Å². The molecule has 0 saturated heterocycles. The highest BCUT2D eigenvalue weighted by Crippen LogP contribution is 2.29. The molecule has 0 spiro atoms. The molecule has 0 fully saturated rings. The van der Waals surface area contributed by atoms with Crippen LogP contribution >= 0.6 is 34.8 Å². The molecule has 0 bridgehead atoms. The van der Waals surface area contributed by atoms with E-state index in [2.05, 4.69) is 10.3 Å². The van der Waals surface area contributed by atoms with E-state index < -0.39 is 0 Å². The van der Waals surface area contributed by atoms with Gasteiger partial charge in [0.25, 0.3) is 0 Å². The summed E-state index contributed by atoms with van der Waals surface area (Å²) in [4.78, 5) is 4.01. The van der Waals surface area contributed by atoms with Crippen LogP contribution in [-0.4, -0.2) is 4.98 Å². The summed E-state index contributed by atoms with van der Waals surface area (Å²) in [5.74, 6) is 0.123. The summed E-state index contributed by atoms with van der Waals surface area (Å²) in [5.41, 5.74) is 0.777. The molecule has 1 heterocycles. The number of benzene rings is 1. The van der Waals surface area contributed by atoms with Gasteiger partial charge in [-0.1, -0.05) is 46.9 Å². The van der Waals surface area contributed by atoms with E-state index in [1.807, 2.05) is 0 Å². The Hall–Kier alpha value is -1.03. The smallest absolute Gasteiger partial charge is 0.150 e. The molecule has 1 N–H and O–H groups in total. The molecule has 0 radical (unpaired) electrons. The van der Waals surface area contributed by atoms with Gasteiger partial charge in [0.1, 0.15) is 16.8 Å². The molecular formula is C12H8Cl3FN2. The molecule has 0 unspecified atom stereocenters. The summed E-state index contributed by atoms with van der Waals surface area (Å²) in [5, 5.41) is 3.79. The minimum atomic E-state index is -0.289. The van der Waals surface area contributed by atoms with Crippen molar-refractivity contribution in [2.75, 3.05) is 5.32 Å². The number of halogens is 4. The fraction of sp³-hybridized carbons (Fsp3) is 0.0833. The van der Waals surface area contributed by atoms with E-state index in [-0.39, 0.29) is 16.0 Å². The van der Waals surface area contributed by atoms with Crippen molar-refractivity contribution in [1.82, 2.24) is 4.98 Å². The van der Waals surface area contributed by atoms with Crippen molar-refractivity contribution in [3.8, 4) is 0 Å². The molecule has 94 valence electrons. The molecule has 2 nitrogen and oxygen atoms in total. The fourth-order valence-electron chi connectivity index (χ4n) is 1.40. The van der Waals surface area contributed by atoms with Crippen LogP contribution in [0.3, 0.4) is 0 Å². The van der Waals surface area contributed by atoms with Gasteiger partial charge in [0, 0.05) is 6.54 Å². The Labute approximate surface area is 119 Å². The Morgan fingerprint density at radius 2 is 1.89 bits per heavy atom. The zero-order valence-corrected chi connectivity index (χ0v) is 11.3. The Kier molecular flexibility index (Phi) is 4.27. The van der Waals surface area contributed by atoms with Crippen LogP contribution in [0.5, 0.6) is 0 Å². The molecule has 6 heteroatoms. The largest absolute Gasteiger partial charge is 0.365 e. The summed E-state index contributed by atoms with van der Waals surface area (Å²) in [6.45, 7) is 0.391. The fourth-order valence-corrected chi connectivity index (χ4v) is 1.97. The first kappa shape index (κ1) is 13.4. The predicted octanol–water partition coefficient (Wildman–Crippen LogP) is 4.79. The lowest BCUT2D eigenvalue weighted by atomic mass is 10.2. The monoisotopic (exact) mass is 304 g/mol. The SMILES string of the molecule is Fc1cccc(CNc2nc(Cl)c(Cl)cc2Cl)c1. The van der Waals surface area contributed by atoms with Crippen LogP contribution in [0.2, 0.25) is 15.2 Å². The van der Waals surface area contributed by atoms with E-state index in [0.717, 1.165) is 5.56 Å². The van der Waals surface area contributed by atoms with Crippen molar-refractivity contribution in [1.29, 1.82) is 0 Å². The van der Waals surface area contributed by atoms with Gasteiger partial charge in [-0.15, -0.1) is 0 Å². The maximum absolute atomic E-state index is 13.0. The van der Waals surface area contributed by atoms with Crippen LogP contribution in [0.1, 0.15) is 5.56 Å². The highest BCUT2D eigenvalue weighted by molar-refractivity contribution is 6.42. The number of rotatable bonds is 3. The van der Waals surface area contributed by atoms with E-state index in [9.17, 15) is 4.39 Å². The second-order valence-corrected chi connectivity index (χ2v) is 4.75. The summed E-state index contributed by atoms with van der Waals surface area (Å²) >= 11 is 17.5. The van der Waals surface area contributed by atoms with Gasteiger partial charge >= 0.3 is 0 Å². The molecule has 2 rings (SSSR count). The first-order valence-corrected chi connectivity index (χ1v) is 6.19. The highest BCUT2D eigenvalue weighted by atomic mass is 35.5. The molecule has 0 amide bonds. The average Bonchev–Trinajstić information content (AvgIpc) is 2.32. The van der Waals surface area contributed by atoms with Crippen LogP contribution in [0, 0.1) is 5.82 Å². The zero-order chi connectivity index (χ0) is 13.1. The maximum Gasteiger partial charge on any atom is 0.150 e. The third-order valence-corrected chi connectivity index (χ3v) is 3.20. The number of anilines is 1. The second-order valence-electron chi connectivity index (χ2n) is 3.57. The lowest BCUT2D eigenvalue weighted by Crippen LogP contribution is -2.02. The van der Waals surface area contributed by atoms with Crippen molar-refractivity contribution in [2.45, 2.75) is 6.54 Å². The van der Waals surface area contributed by atoms with Crippen molar-refractivity contribution >= 4 is 40.6 Å². The Morgan fingerprint density at radius 3 is 2.61 bits per heavy atom. The topological polar surface area (TPSA) is 24.9 Å². The van der Waals surface area contributed by atoms with Crippen LogP contribution in [-0.2, 0) is 6.54 Å². The molecular weight excluding hydrogens is 298 g/mol. The van der Waals surface area contributed by atoms with Crippen LogP contribution < -0.4 is 5.32 Å². The number of pyridine rings is 1. The summed E-state index contributed by atoms with van der Waals surface area (Å²) in [6, 6.07) is 7.75. The molecule has 0 atom stereocenters. The van der Waals surface area contributed by atoms with Gasteiger partial charge in [-0.25, -0.2) is 9.37 Å². The van der Waals surface area contributed by atoms with Crippen molar-refractivity contribution in [3.63, 3.8) is 0 Å². The van der Waals surface area contributed by atoms with Crippen LogP contribution in [0.4, 0.5) is 10.2 Å². The van der Waals surface area contributed by atoms with Crippen molar-refractivity contribution in [2.24, 2.45) is 0 Å². The molecule has 0 aliphatic rings. The molecule has 18 heavy (non-hydrogen) atoms. The minimum absolute atomic E-state index is 0.169. The van der Waals surface area contributed by atoms with Gasteiger partial charge in [0.05, 0.1) is 10.0 Å². The van der Waals surface area contributed by atoms with E-state index in [1.165, 1.54) is 18.2 Å². The number of hydrogen-bond acceptors (Lipinski definition) is 2. The van der Waals surface area contributed by atoms with Gasteiger partial charge in [-0.3, -0.25) is 0 Å². The molecule has 2 aromatic rings. The third-order valence-electron chi connectivity index (χ3n) is 2.24. The number of nitrogens with zero attached hydrogens (tertiary/aromatic N) is 1. The normalized spacial score (nSPS) is 10.4. The van der Waals surface area contributed by atoms with Gasteiger partial charge in [-0.2, -0.15) is 0 Å². The lowest BCUT2D eigenvalue weighted by molar-refractivity contribution is 0.626. The van der Waals surface area contributed by atoms with E-state index >= 15 is 0 Å². The zero-order valence-electron chi connectivity index (χ0n) is 9.05. The number of hydrogen-bond donors (Lipinski definition) is 1. The summed E-state index contributed by atoms with van der Waals surface area (Å²) in [7, 11) is 0. The Bertz CT molecular complexity index is 575. The van der Waals surface area contributed by atoms with Gasteiger partial charge in [0.2, 0.25) is 0 Å².